The van der Waals surface area contributed by atoms with E-state index in [4.69, 9.17) is 5.73 Å². The number of carbonyl (C=O) groups excluding carboxylic acids is 3. The molecular formula is C17H24N4O3. The molecule has 0 aromatic heterocycles. The van der Waals surface area contributed by atoms with Crippen molar-refractivity contribution in [3.8, 4) is 0 Å². The Morgan fingerprint density at radius 2 is 1.62 bits per heavy atom. The summed E-state index contributed by atoms with van der Waals surface area (Å²) in [5, 5.41) is 2.38. The fourth-order valence-electron chi connectivity index (χ4n) is 2.72. The lowest BCUT2D eigenvalue weighted by Gasteiger charge is -2.36. The number of nitrogens with zero attached hydrogens (tertiary/aromatic N) is 2. The van der Waals surface area contributed by atoms with Gasteiger partial charge in [0.2, 0.25) is 11.8 Å². The number of nitrogens with one attached hydrogen (secondary N) is 1. The summed E-state index contributed by atoms with van der Waals surface area (Å²) in [5.41, 5.74) is 7.18. The van der Waals surface area contributed by atoms with Gasteiger partial charge in [-0.15, -0.1) is 0 Å². The number of carbonyl (C=O) groups is 3. The summed E-state index contributed by atoms with van der Waals surface area (Å²) in [4.78, 5) is 38.8. The third-order valence-electron chi connectivity index (χ3n) is 4.15. The van der Waals surface area contributed by atoms with Gasteiger partial charge in [-0.1, -0.05) is 29.8 Å². The van der Waals surface area contributed by atoms with E-state index in [1.165, 1.54) is 0 Å². The van der Waals surface area contributed by atoms with Crippen molar-refractivity contribution in [3.63, 3.8) is 0 Å². The first-order chi connectivity index (χ1) is 11.4. The van der Waals surface area contributed by atoms with E-state index in [0.29, 0.717) is 32.6 Å². The fourth-order valence-corrected chi connectivity index (χ4v) is 2.72. The number of piperazine rings is 1. The van der Waals surface area contributed by atoms with Gasteiger partial charge in [-0.2, -0.15) is 0 Å². The third-order valence-corrected chi connectivity index (χ3v) is 4.15. The van der Waals surface area contributed by atoms with Crippen LogP contribution in [-0.4, -0.2) is 59.9 Å². The first-order valence-corrected chi connectivity index (χ1v) is 8.05. The second-order valence-electron chi connectivity index (χ2n) is 6.10. The van der Waals surface area contributed by atoms with E-state index in [2.05, 4.69) is 5.32 Å². The minimum absolute atomic E-state index is 0.0641. The van der Waals surface area contributed by atoms with Crippen LogP contribution in [0.15, 0.2) is 24.3 Å². The van der Waals surface area contributed by atoms with Gasteiger partial charge in [0.1, 0.15) is 6.04 Å². The lowest BCUT2D eigenvalue weighted by molar-refractivity contribution is -0.140. The predicted octanol–water partition coefficient (Wildman–Crippen LogP) is 0.265. The van der Waals surface area contributed by atoms with Crippen LogP contribution in [0.1, 0.15) is 18.1 Å². The molecule has 4 amide bonds. The molecule has 1 aliphatic rings. The molecule has 1 fully saturated rings. The Labute approximate surface area is 141 Å². The van der Waals surface area contributed by atoms with E-state index in [-0.39, 0.29) is 11.8 Å². The highest BCUT2D eigenvalue weighted by molar-refractivity contribution is 5.86. The van der Waals surface area contributed by atoms with Gasteiger partial charge in [0.15, 0.2) is 0 Å². The third kappa shape index (κ3) is 4.71. The molecule has 0 radical (unpaired) electrons. The van der Waals surface area contributed by atoms with Crippen LogP contribution in [0.25, 0.3) is 0 Å². The first kappa shape index (κ1) is 17.8. The van der Waals surface area contributed by atoms with Crippen molar-refractivity contribution in [2.24, 2.45) is 5.73 Å². The van der Waals surface area contributed by atoms with Gasteiger partial charge in [0.05, 0.1) is 6.42 Å². The molecule has 0 spiro atoms. The summed E-state index contributed by atoms with van der Waals surface area (Å²) in [6.45, 7) is 5.53. The van der Waals surface area contributed by atoms with Crippen molar-refractivity contribution in [3.05, 3.63) is 35.4 Å². The van der Waals surface area contributed by atoms with Crippen LogP contribution in [-0.2, 0) is 16.0 Å². The normalized spacial score (nSPS) is 15.8. The van der Waals surface area contributed by atoms with Crippen LogP contribution < -0.4 is 11.1 Å². The van der Waals surface area contributed by atoms with Crippen molar-refractivity contribution in [2.45, 2.75) is 26.3 Å². The van der Waals surface area contributed by atoms with E-state index in [0.717, 1.165) is 11.1 Å². The van der Waals surface area contributed by atoms with Crippen LogP contribution >= 0.6 is 0 Å². The van der Waals surface area contributed by atoms with E-state index < -0.39 is 12.1 Å². The topological polar surface area (TPSA) is 95.7 Å². The number of benzene rings is 1. The summed E-state index contributed by atoms with van der Waals surface area (Å²) >= 11 is 0. The number of urea groups is 1. The largest absolute Gasteiger partial charge is 0.352 e. The Morgan fingerprint density at radius 1 is 1.08 bits per heavy atom. The van der Waals surface area contributed by atoms with Crippen LogP contribution in [0, 0.1) is 6.92 Å². The highest BCUT2D eigenvalue weighted by Crippen LogP contribution is 2.09. The Kier molecular flexibility index (Phi) is 5.78. The highest BCUT2D eigenvalue weighted by Gasteiger charge is 2.27. The van der Waals surface area contributed by atoms with Gasteiger partial charge in [0, 0.05) is 26.2 Å². The Bertz CT molecular complexity index is 607. The maximum atomic E-state index is 12.4. The minimum Gasteiger partial charge on any atom is -0.352 e. The summed E-state index contributed by atoms with van der Waals surface area (Å²) in [6, 6.07) is 6.53. The molecule has 7 nitrogen and oxygen atoms in total. The molecule has 3 N–H and O–H groups in total. The number of hydrogen-bond donors (Lipinski definition) is 2. The molecule has 2 rings (SSSR count). The lowest BCUT2D eigenvalue weighted by atomic mass is 10.1. The van der Waals surface area contributed by atoms with Gasteiger partial charge in [0.25, 0.3) is 0 Å². The van der Waals surface area contributed by atoms with E-state index in [1.807, 2.05) is 31.2 Å². The summed E-state index contributed by atoms with van der Waals surface area (Å²) in [6.07, 6.45) is 0.369. The molecule has 1 atom stereocenters. The number of aryl methyl sites for hydroxylation is 1. The zero-order valence-electron chi connectivity index (χ0n) is 14.1. The van der Waals surface area contributed by atoms with Gasteiger partial charge in [-0.25, -0.2) is 4.79 Å². The quantitative estimate of drug-likeness (QED) is 0.828. The lowest BCUT2D eigenvalue weighted by Crippen LogP contribution is -2.55. The predicted molar refractivity (Wildman–Crippen MR) is 90.2 cm³/mol. The average Bonchev–Trinajstić information content (AvgIpc) is 2.55. The molecular weight excluding hydrogens is 308 g/mol. The van der Waals surface area contributed by atoms with Crippen LogP contribution in [0.2, 0.25) is 0 Å². The van der Waals surface area contributed by atoms with E-state index in [1.54, 1.807) is 16.7 Å². The van der Waals surface area contributed by atoms with Crippen molar-refractivity contribution < 1.29 is 14.4 Å². The molecule has 1 aliphatic heterocycles. The molecule has 7 heteroatoms. The summed E-state index contributed by atoms with van der Waals surface area (Å²) in [7, 11) is 0. The molecule has 24 heavy (non-hydrogen) atoms. The van der Waals surface area contributed by atoms with E-state index in [9.17, 15) is 14.4 Å². The molecule has 1 aromatic carbocycles. The number of rotatable bonds is 4. The van der Waals surface area contributed by atoms with E-state index >= 15 is 0 Å². The highest BCUT2D eigenvalue weighted by atomic mass is 16.2. The second-order valence-corrected chi connectivity index (χ2v) is 6.10. The van der Waals surface area contributed by atoms with Gasteiger partial charge in [-0.3, -0.25) is 9.59 Å². The van der Waals surface area contributed by atoms with Crippen LogP contribution in [0.4, 0.5) is 4.79 Å². The fraction of sp³-hybridized carbons (Fsp3) is 0.471. The zero-order chi connectivity index (χ0) is 17.7. The number of nitrogens with two attached hydrogens (primary N) is 1. The van der Waals surface area contributed by atoms with Crippen LogP contribution in [0.3, 0.4) is 0 Å². The molecule has 0 aliphatic carbocycles. The number of hydrogen-bond acceptors (Lipinski definition) is 3. The maximum Gasteiger partial charge on any atom is 0.312 e. The molecule has 0 saturated carbocycles. The second kappa shape index (κ2) is 7.81. The smallest absolute Gasteiger partial charge is 0.312 e. The average molecular weight is 332 g/mol. The molecule has 1 aromatic rings. The first-order valence-electron chi connectivity index (χ1n) is 8.05. The van der Waals surface area contributed by atoms with Crippen molar-refractivity contribution in [2.75, 3.05) is 26.2 Å². The molecule has 0 bridgehead atoms. The Morgan fingerprint density at radius 3 is 2.17 bits per heavy atom. The monoisotopic (exact) mass is 332 g/mol. The van der Waals surface area contributed by atoms with Crippen LogP contribution in [0.5, 0.6) is 0 Å². The summed E-state index contributed by atoms with van der Waals surface area (Å²) < 4.78 is 0. The minimum atomic E-state index is -0.720. The van der Waals surface area contributed by atoms with Crippen molar-refractivity contribution in [1.29, 1.82) is 0 Å². The molecule has 130 valence electrons. The standard InChI is InChI=1S/C17H24N4O3/c1-12-3-5-14(6-4-12)11-15(22)20-7-9-21(10-8-20)16(23)13(2)19-17(18)24/h3-6,13H,7-11H2,1-2H3,(H3,18,19,24)/t13-/m0/s1. The maximum absolute atomic E-state index is 12.4. The summed E-state index contributed by atoms with van der Waals surface area (Å²) in [5.74, 6) is -0.117. The molecule has 1 heterocycles. The van der Waals surface area contributed by atoms with Crippen molar-refractivity contribution in [1.82, 2.24) is 15.1 Å². The van der Waals surface area contributed by atoms with Gasteiger partial charge < -0.3 is 20.9 Å². The SMILES string of the molecule is Cc1ccc(CC(=O)N2CCN(C(=O)[C@H](C)NC(N)=O)CC2)cc1. The number of primary amides is 1. The molecule has 0 unspecified atom stereocenters. The number of amides is 4. The zero-order valence-corrected chi connectivity index (χ0v) is 14.1. The van der Waals surface area contributed by atoms with Gasteiger partial charge in [-0.05, 0) is 19.4 Å². The Hall–Kier alpha value is -2.57. The Balaban J connectivity index is 1.83. The molecule has 1 saturated heterocycles. The van der Waals surface area contributed by atoms with Gasteiger partial charge >= 0.3 is 6.03 Å². The van der Waals surface area contributed by atoms with Crippen molar-refractivity contribution >= 4 is 17.8 Å².